The molecule has 1 aromatic carbocycles. The highest BCUT2D eigenvalue weighted by molar-refractivity contribution is 7.89. The predicted molar refractivity (Wildman–Crippen MR) is 71.7 cm³/mol. The highest BCUT2D eigenvalue weighted by Crippen LogP contribution is 2.34. The van der Waals surface area contributed by atoms with Gasteiger partial charge in [-0.15, -0.1) is 5.92 Å². The van der Waals surface area contributed by atoms with Crippen LogP contribution in [0.5, 0.6) is 0 Å². The van der Waals surface area contributed by atoms with E-state index in [1.165, 1.54) is 6.92 Å². The molecule has 9 heteroatoms. The first-order valence-electron chi connectivity index (χ1n) is 5.82. The molecule has 120 valence electrons. The normalized spacial score (nSPS) is 11.9. The Morgan fingerprint density at radius 3 is 2.41 bits per heavy atom. The maximum absolute atomic E-state index is 12.9. The molecule has 0 saturated carbocycles. The summed E-state index contributed by atoms with van der Waals surface area (Å²) in [5.74, 6) is 3.16. The third-order valence-electron chi connectivity index (χ3n) is 2.71. The van der Waals surface area contributed by atoms with Crippen LogP contribution in [0.3, 0.4) is 0 Å². The highest BCUT2D eigenvalue weighted by atomic mass is 32.2. The average Bonchev–Trinajstić information content (AvgIpc) is 2.42. The first-order valence-corrected chi connectivity index (χ1v) is 7.26. The Kier molecular flexibility index (Phi) is 5.22. The van der Waals surface area contributed by atoms with Crippen LogP contribution in [0.4, 0.5) is 13.2 Å². The molecular weight excluding hydrogens is 323 g/mol. The first-order chi connectivity index (χ1) is 10.0. The SMILES string of the molecule is CC#CCN(C)S(=O)(=O)c1ccc(C(=O)O)c(C(F)(F)F)c1. The van der Waals surface area contributed by atoms with E-state index in [9.17, 15) is 26.4 Å². The van der Waals surface area contributed by atoms with Crippen LogP contribution in [0, 0.1) is 11.8 Å². The third kappa shape index (κ3) is 3.78. The molecule has 0 atom stereocenters. The molecule has 1 rings (SSSR count). The minimum Gasteiger partial charge on any atom is -0.478 e. The lowest BCUT2D eigenvalue weighted by Crippen LogP contribution is -2.28. The molecule has 1 N–H and O–H groups in total. The number of halogens is 3. The van der Waals surface area contributed by atoms with Crippen molar-refractivity contribution in [1.82, 2.24) is 4.31 Å². The van der Waals surface area contributed by atoms with Gasteiger partial charge in [0.1, 0.15) is 0 Å². The van der Waals surface area contributed by atoms with Crippen molar-refractivity contribution in [2.24, 2.45) is 0 Å². The molecule has 0 bridgehead atoms. The second-order valence-corrected chi connectivity index (χ2v) is 6.24. The summed E-state index contributed by atoms with van der Waals surface area (Å²) in [5.41, 5.74) is -2.53. The van der Waals surface area contributed by atoms with E-state index in [2.05, 4.69) is 11.8 Å². The van der Waals surface area contributed by atoms with Crippen molar-refractivity contribution >= 4 is 16.0 Å². The van der Waals surface area contributed by atoms with Crippen LogP contribution in [0.25, 0.3) is 0 Å². The van der Waals surface area contributed by atoms with Crippen LogP contribution in [-0.2, 0) is 16.2 Å². The molecule has 0 heterocycles. The van der Waals surface area contributed by atoms with Gasteiger partial charge in [0.15, 0.2) is 0 Å². The van der Waals surface area contributed by atoms with Gasteiger partial charge in [0.2, 0.25) is 10.0 Å². The van der Waals surface area contributed by atoms with Crippen molar-refractivity contribution in [3.63, 3.8) is 0 Å². The van der Waals surface area contributed by atoms with E-state index in [-0.39, 0.29) is 6.54 Å². The summed E-state index contributed by atoms with van der Waals surface area (Å²) in [4.78, 5) is 10.2. The number of sulfonamides is 1. The van der Waals surface area contributed by atoms with E-state index < -0.39 is 38.2 Å². The largest absolute Gasteiger partial charge is 0.478 e. The molecule has 0 aliphatic heterocycles. The number of benzene rings is 1. The van der Waals surface area contributed by atoms with Crippen molar-refractivity contribution in [1.29, 1.82) is 0 Å². The van der Waals surface area contributed by atoms with E-state index in [0.717, 1.165) is 17.4 Å². The van der Waals surface area contributed by atoms with Crippen LogP contribution >= 0.6 is 0 Å². The highest BCUT2D eigenvalue weighted by Gasteiger charge is 2.37. The Balaban J connectivity index is 3.44. The van der Waals surface area contributed by atoms with Gasteiger partial charge in [-0.1, -0.05) is 5.92 Å². The molecule has 22 heavy (non-hydrogen) atoms. The fourth-order valence-corrected chi connectivity index (χ4v) is 2.66. The third-order valence-corrected chi connectivity index (χ3v) is 4.51. The second-order valence-electron chi connectivity index (χ2n) is 4.20. The molecule has 0 fully saturated rings. The Bertz CT molecular complexity index is 745. The van der Waals surface area contributed by atoms with Crippen LogP contribution in [0.15, 0.2) is 23.1 Å². The molecule has 0 saturated heterocycles. The Labute approximate surface area is 125 Å². The first kappa shape index (κ1) is 18.0. The number of rotatable bonds is 4. The van der Waals surface area contributed by atoms with Crippen molar-refractivity contribution in [3.8, 4) is 11.8 Å². The van der Waals surface area contributed by atoms with Gasteiger partial charge < -0.3 is 5.11 Å². The Morgan fingerprint density at radius 1 is 1.36 bits per heavy atom. The Hall–Kier alpha value is -2.05. The summed E-state index contributed by atoms with van der Waals surface area (Å²) in [5, 5.41) is 8.77. The van der Waals surface area contributed by atoms with Crippen molar-refractivity contribution < 1.29 is 31.5 Å². The number of hydrogen-bond acceptors (Lipinski definition) is 3. The molecule has 5 nitrogen and oxygen atoms in total. The molecule has 0 aliphatic carbocycles. The summed E-state index contributed by atoms with van der Waals surface area (Å²) in [7, 11) is -3.03. The zero-order chi connectivity index (χ0) is 17.1. The predicted octanol–water partition coefficient (Wildman–Crippen LogP) is 2.05. The Morgan fingerprint density at radius 2 is 1.95 bits per heavy atom. The molecule has 0 spiro atoms. The minimum atomic E-state index is -4.99. The number of alkyl halides is 3. The van der Waals surface area contributed by atoms with Crippen LogP contribution in [-0.4, -0.2) is 37.4 Å². The van der Waals surface area contributed by atoms with Gasteiger partial charge in [0.25, 0.3) is 0 Å². The van der Waals surface area contributed by atoms with Crippen LogP contribution < -0.4 is 0 Å². The summed E-state index contributed by atoms with van der Waals surface area (Å²) >= 11 is 0. The van der Waals surface area contributed by atoms with Gasteiger partial charge in [-0.05, 0) is 25.1 Å². The van der Waals surface area contributed by atoms with Gasteiger partial charge in [0, 0.05) is 7.05 Å². The summed E-state index contributed by atoms with van der Waals surface area (Å²) in [6.07, 6.45) is -4.99. The lowest BCUT2D eigenvalue weighted by Gasteiger charge is -2.17. The monoisotopic (exact) mass is 335 g/mol. The zero-order valence-electron chi connectivity index (χ0n) is 11.6. The second kappa shape index (κ2) is 6.37. The maximum Gasteiger partial charge on any atom is 0.417 e. The molecule has 1 aromatic rings. The molecular formula is C13H12F3NO4S. The minimum absolute atomic E-state index is 0.194. The number of nitrogens with zero attached hydrogens (tertiary/aromatic N) is 1. The van der Waals surface area contributed by atoms with E-state index >= 15 is 0 Å². The zero-order valence-corrected chi connectivity index (χ0v) is 12.4. The summed E-state index contributed by atoms with van der Waals surface area (Å²) < 4.78 is 63.7. The number of carboxylic acid groups (broad SMARTS) is 1. The van der Waals surface area contributed by atoms with Gasteiger partial charge in [-0.2, -0.15) is 17.5 Å². The number of carbonyl (C=O) groups is 1. The van der Waals surface area contributed by atoms with Crippen molar-refractivity contribution in [2.45, 2.75) is 18.0 Å². The van der Waals surface area contributed by atoms with Crippen molar-refractivity contribution in [2.75, 3.05) is 13.6 Å². The van der Waals surface area contributed by atoms with E-state index in [0.29, 0.717) is 12.1 Å². The fraction of sp³-hybridized carbons (Fsp3) is 0.308. The van der Waals surface area contributed by atoms with E-state index in [1.807, 2.05) is 0 Å². The number of carboxylic acids is 1. The fourth-order valence-electron chi connectivity index (χ4n) is 1.56. The van der Waals surface area contributed by atoms with Gasteiger partial charge in [0.05, 0.1) is 22.6 Å². The topological polar surface area (TPSA) is 74.7 Å². The van der Waals surface area contributed by atoms with Crippen LogP contribution in [0.2, 0.25) is 0 Å². The smallest absolute Gasteiger partial charge is 0.417 e. The lowest BCUT2D eigenvalue weighted by atomic mass is 10.1. The average molecular weight is 335 g/mol. The van der Waals surface area contributed by atoms with E-state index in [1.54, 1.807) is 0 Å². The van der Waals surface area contributed by atoms with E-state index in [4.69, 9.17) is 5.11 Å². The molecule has 0 unspecified atom stereocenters. The van der Waals surface area contributed by atoms with Gasteiger partial charge >= 0.3 is 12.1 Å². The van der Waals surface area contributed by atoms with Gasteiger partial charge in [-0.25, -0.2) is 13.2 Å². The standard InChI is InChI=1S/C13H12F3NO4S/c1-3-4-7-17(2)22(20,21)9-5-6-10(12(18)19)11(8-9)13(14,15)16/h5-6,8H,7H2,1-2H3,(H,18,19). The number of hydrogen-bond donors (Lipinski definition) is 1. The molecule has 0 amide bonds. The maximum atomic E-state index is 12.9. The van der Waals surface area contributed by atoms with Crippen LogP contribution in [0.1, 0.15) is 22.8 Å². The summed E-state index contributed by atoms with van der Waals surface area (Å²) in [6.45, 7) is 1.30. The number of aromatic carboxylic acids is 1. The molecule has 0 radical (unpaired) electrons. The van der Waals surface area contributed by atoms with Gasteiger partial charge in [-0.3, -0.25) is 0 Å². The summed E-state index contributed by atoms with van der Waals surface area (Å²) in [6, 6.07) is 1.76. The molecule has 0 aromatic heterocycles. The van der Waals surface area contributed by atoms with Crippen molar-refractivity contribution in [3.05, 3.63) is 29.3 Å². The lowest BCUT2D eigenvalue weighted by molar-refractivity contribution is -0.138. The molecule has 0 aliphatic rings. The quantitative estimate of drug-likeness (QED) is 0.855.